The second-order valence-electron chi connectivity index (χ2n) is 9.22. The molecule has 0 radical (unpaired) electrons. The fraction of sp³-hybridized carbons (Fsp3) is 0.458. The molecule has 0 fully saturated rings. The van der Waals surface area contributed by atoms with Crippen LogP contribution in [0.2, 0.25) is 0 Å². The van der Waals surface area contributed by atoms with E-state index in [1.807, 2.05) is 32.9 Å². The first-order chi connectivity index (χ1) is 15.4. The van der Waals surface area contributed by atoms with Gasteiger partial charge >= 0.3 is 5.69 Å². The summed E-state index contributed by atoms with van der Waals surface area (Å²) in [4.78, 5) is 49.0. The Balaban J connectivity index is 1.91. The summed E-state index contributed by atoms with van der Waals surface area (Å²) in [7, 11) is 4.78. The number of thioether (sulfide) groups is 1. The minimum atomic E-state index is -0.465. The van der Waals surface area contributed by atoms with E-state index in [0.29, 0.717) is 17.4 Å². The zero-order chi connectivity index (χ0) is 24.5. The van der Waals surface area contributed by atoms with Crippen LogP contribution in [0.3, 0.4) is 0 Å². The Kier molecular flexibility index (Phi) is 7.11. The smallest absolute Gasteiger partial charge is 0.332 e. The molecule has 0 aliphatic carbocycles. The summed E-state index contributed by atoms with van der Waals surface area (Å²) in [5.74, 6) is 0.550. The van der Waals surface area contributed by atoms with E-state index in [-0.39, 0.29) is 22.7 Å². The van der Waals surface area contributed by atoms with Crippen molar-refractivity contribution in [1.29, 1.82) is 0 Å². The molecule has 9 heteroatoms. The van der Waals surface area contributed by atoms with Gasteiger partial charge in [0.05, 0.1) is 5.75 Å². The fourth-order valence-corrected chi connectivity index (χ4v) is 4.31. The summed E-state index contributed by atoms with van der Waals surface area (Å²) >= 11 is 1.20. The molecule has 2 aromatic heterocycles. The molecule has 176 valence electrons. The monoisotopic (exact) mass is 469 g/mol. The van der Waals surface area contributed by atoms with Crippen LogP contribution in [-0.2, 0) is 37.3 Å². The number of nitrogens with zero attached hydrogens (tertiary/aromatic N) is 5. The summed E-state index contributed by atoms with van der Waals surface area (Å²) in [5, 5.41) is 0.665. The lowest BCUT2D eigenvalue weighted by atomic mass is 9.96. The fourth-order valence-electron chi connectivity index (χ4n) is 3.35. The third-order valence-corrected chi connectivity index (χ3v) is 6.51. The molecule has 0 spiro atoms. The summed E-state index contributed by atoms with van der Waals surface area (Å²) < 4.78 is 2.39. The predicted octanol–water partition coefficient (Wildman–Crippen LogP) is 2.64. The molecule has 0 unspecified atom stereocenters. The van der Waals surface area contributed by atoms with Crippen LogP contribution in [0.1, 0.15) is 44.6 Å². The van der Waals surface area contributed by atoms with Crippen molar-refractivity contribution in [1.82, 2.24) is 24.0 Å². The van der Waals surface area contributed by atoms with Crippen LogP contribution >= 0.6 is 11.8 Å². The van der Waals surface area contributed by atoms with Gasteiger partial charge in [-0.1, -0.05) is 63.7 Å². The zero-order valence-electron chi connectivity index (χ0n) is 20.3. The topological polar surface area (TPSA) is 90.1 Å². The van der Waals surface area contributed by atoms with E-state index in [4.69, 9.17) is 0 Å². The molecule has 1 aromatic carbocycles. The maximum Gasteiger partial charge on any atom is 0.332 e. The van der Waals surface area contributed by atoms with Crippen LogP contribution in [0.15, 0.2) is 38.9 Å². The van der Waals surface area contributed by atoms with E-state index in [0.717, 1.165) is 16.6 Å². The van der Waals surface area contributed by atoms with Gasteiger partial charge in [0.2, 0.25) is 5.91 Å². The summed E-state index contributed by atoms with van der Waals surface area (Å²) in [5.41, 5.74) is 1.28. The first-order valence-electron chi connectivity index (χ1n) is 10.9. The van der Waals surface area contributed by atoms with Crippen LogP contribution in [-0.4, -0.2) is 42.7 Å². The molecular formula is C24H31N5O3S. The molecule has 0 aliphatic rings. The number of carbonyl (C=O) groups is 1. The Morgan fingerprint density at radius 3 is 2.21 bits per heavy atom. The Morgan fingerprint density at radius 1 is 1.03 bits per heavy atom. The van der Waals surface area contributed by atoms with Gasteiger partial charge in [-0.2, -0.15) is 0 Å². The molecule has 2 heterocycles. The Hall–Kier alpha value is -2.94. The van der Waals surface area contributed by atoms with E-state index >= 15 is 0 Å². The van der Waals surface area contributed by atoms with Gasteiger partial charge in [0.25, 0.3) is 5.56 Å². The number of amides is 1. The number of fused-ring (bicyclic) bond motifs is 1. The van der Waals surface area contributed by atoms with Crippen LogP contribution < -0.4 is 11.2 Å². The molecule has 0 saturated heterocycles. The van der Waals surface area contributed by atoms with Gasteiger partial charge in [0.1, 0.15) is 16.2 Å². The quantitative estimate of drug-likeness (QED) is 0.407. The van der Waals surface area contributed by atoms with E-state index in [9.17, 15) is 14.4 Å². The molecule has 3 aromatic rings. The van der Waals surface area contributed by atoms with E-state index < -0.39 is 16.7 Å². The highest BCUT2D eigenvalue weighted by Gasteiger charge is 2.24. The van der Waals surface area contributed by atoms with Gasteiger partial charge in [0, 0.05) is 33.1 Å². The highest BCUT2D eigenvalue weighted by molar-refractivity contribution is 8.00. The highest BCUT2D eigenvalue weighted by atomic mass is 32.2. The highest BCUT2D eigenvalue weighted by Crippen LogP contribution is 2.27. The number of benzene rings is 1. The molecule has 1 amide bonds. The third kappa shape index (κ3) is 5.19. The number of rotatable bonds is 6. The number of carbonyl (C=O) groups excluding carboxylic acids is 1. The second kappa shape index (κ2) is 9.51. The van der Waals surface area contributed by atoms with Crippen LogP contribution in [0.25, 0.3) is 11.0 Å². The van der Waals surface area contributed by atoms with Gasteiger partial charge in [-0.05, 0) is 17.5 Å². The lowest BCUT2D eigenvalue weighted by molar-refractivity contribution is -0.127. The first-order valence-corrected chi connectivity index (χ1v) is 11.9. The van der Waals surface area contributed by atoms with Crippen molar-refractivity contribution in [2.24, 2.45) is 14.1 Å². The first kappa shape index (κ1) is 24.7. The average Bonchev–Trinajstić information content (AvgIpc) is 2.78. The van der Waals surface area contributed by atoms with Gasteiger partial charge in [-0.3, -0.25) is 18.7 Å². The van der Waals surface area contributed by atoms with Crippen LogP contribution in [0.5, 0.6) is 0 Å². The average molecular weight is 470 g/mol. The molecular weight excluding hydrogens is 438 g/mol. The Labute approximate surface area is 197 Å². The minimum absolute atomic E-state index is 0.0784. The second-order valence-corrected chi connectivity index (χ2v) is 10.2. The lowest BCUT2D eigenvalue weighted by Gasteiger charge is -2.20. The van der Waals surface area contributed by atoms with E-state index in [2.05, 4.69) is 29.0 Å². The van der Waals surface area contributed by atoms with E-state index in [1.165, 1.54) is 28.9 Å². The van der Waals surface area contributed by atoms with Crippen molar-refractivity contribution in [3.63, 3.8) is 0 Å². The largest absolute Gasteiger partial charge is 0.341 e. The van der Waals surface area contributed by atoms with Crippen LogP contribution in [0, 0.1) is 0 Å². The zero-order valence-corrected chi connectivity index (χ0v) is 21.1. The Morgan fingerprint density at radius 2 is 1.64 bits per heavy atom. The predicted molar refractivity (Wildman–Crippen MR) is 132 cm³/mol. The normalized spacial score (nSPS) is 11.7. The van der Waals surface area contributed by atoms with Gasteiger partial charge in [0.15, 0.2) is 5.65 Å². The Bertz CT molecular complexity index is 1300. The van der Waals surface area contributed by atoms with Crippen molar-refractivity contribution in [3.05, 3.63) is 62.1 Å². The molecule has 0 saturated carbocycles. The lowest BCUT2D eigenvalue weighted by Crippen LogP contribution is -2.38. The van der Waals surface area contributed by atoms with Gasteiger partial charge in [-0.25, -0.2) is 14.8 Å². The maximum atomic E-state index is 12.9. The summed E-state index contributed by atoms with van der Waals surface area (Å²) in [6.07, 6.45) is 0.972. The van der Waals surface area contributed by atoms with Gasteiger partial charge < -0.3 is 4.90 Å². The van der Waals surface area contributed by atoms with Crippen molar-refractivity contribution >= 4 is 28.7 Å². The molecule has 8 nitrogen and oxygen atoms in total. The molecule has 0 aliphatic heterocycles. The van der Waals surface area contributed by atoms with E-state index in [1.54, 1.807) is 19.0 Å². The van der Waals surface area contributed by atoms with Crippen molar-refractivity contribution in [2.75, 3.05) is 12.8 Å². The van der Waals surface area contributed by atoms with Crippen LogP contribution in [0.4, 0.5) is 0 Å². The molecule has 0 bridgehead atoms. The molecule has 3 rings (SSSR count). The number of hydrogen-bond donors (Lipinski definition) is 0. The van der Waals surface area contributed by atoms with Crippen molar-refractivity contribution in [2.45, 2.75) is 51.1 Å². The standard InChI is InChI=1S/C24H31N5O3S/c1-8-15-9-11-16(12-10-15)13-27(5)17(30)14-33-20-18-19(25-22(26-20)24(2,3)4)28(6)23(32)29(7)21(18)31/h9-12H,8,13-14H2,1-7H3. The van der Waals surface area contributed by atoms with Crippen molar-refractivity contribution < 1.29 is 4.79 Å². The molecule has 0 N–H and O–H groups in total. The van der Waals surface area contributed by atoms with Gasteiger partial charge in [-0.15, -0.1) is 0 Å². The maximum absolute atomic E-state index is 12.9. The third-order valence-electron chi connectivity index (χ3n) is 5.55. The number of aryl methyl sites for hydroxylation is 2. The minimum Gasteiger partial charge on any atom is -0.341 e. The number of aromatic nitrogens is 4. The summed E-state index contributed by atoms with van der Waals surface area (Å²) in [6, 6.07) is 8.22. The molecule has 0 atom stereocenters. The number of hydrogen-bond acceptors (Lipinski definition) is 6. The van der Waals surface area contributed by atoms with Crippen molar-refractivity contribution in [3.8, 4) is 0 Å². The SMILES string of the molecule is CCc1ccc(CN(C)C(=O)CSc2nc(C(C)(C)C)nc3c2c(=O)n(C)c(=O)n3C)cc1. The summed E-state index contributed by atoms with van der Waals surface area (Å²) in [6.45, 7) is 8.49. The molecule has 33 heavy (non-hydrogen) atoms.